The number of carbonyl (C=O) groups is 1. The van der Waals surface area contributed by atoms with Crippen LogP contribution in [0.4, 0.5) is 10.5 Å². The SMILES string of the molecule is O=C(NCCOCCO)Nc1cc(Cl)ccc1Cl. The first-order chi connectivity index (χ1) is 8.63. The third-order valence-corrected chi connectivity index (χ3v) is 2.51. The fraction of sp³-hybridized carbons (Fsp3) is 0.364. The van der Waals surface area contributed by atoms with Crippen LogP contribution in [0, 0.1) is 0 Å². The molecule has 0 atom stereocenters. The molecular formula is C11H14Cl2N2O3. The molecule has 18 heavy (non-hydrogen) atoms. The van der Waals surface area contributed by atoms with Crippen molar-refractivity contribution in [1.29, 1.82) is 0 Å². The molecule has 0 fully saturated rings. The maximum atomic E-state index is 11.5. The summed E-state index contributed by atoms with van der Waals surface area (Å²) in [5.41, 5.74) is 0.443. The molecule has 3 N–H and O–H groups in total. The van der Waals surface area contributed by atoms with Crippen LogP contribution in [0.2, 0.25) is 10.0 Å². The highest BCUT2D eigenvalue weighted by atomic mass is 35.5. The fourth-order valence-corrected chi connectivity index (χ4v) is 1.50. The van der Waals surface area contributed by atoms with E-state index in [2.05, 4.69) is 10.6 Å². The maximum Gasteiger partial charge on any atom is 0.319 e. The summed E-state index contributed by atoms with van der Waals surface area (Å²) in [5.74, 6) is 0. The Bertz CT molecular complexity index is 402. The number of rotatable bonds is 6. The van der Waals surface area contributed by atoms with E-state index in [1.807, 2.05) is 0 Å². The van der Waals surface area contributed by atoms with Crippen molar-refractivity contribution in [3.63, 3.8) is 0 Å². The number of hydrogen-bond donors (Lipinski definition) is 3. The van der Waals surface area contributed by atoms with Crippen LogP contribution in [0.15, 0.2) is 18.2 Å². The van der Waals surface area contributed by atoms with Crippen LogP contribution in [0.1, 0.15) is 0 Å². The molecule has 0 aromatic heterocycles. The first-order valence-corrected chi connectivity index (χ1v) is 6.07. The number of aliphatic hydroxyl groups is 1. The van der Waals surface area contributed by atoms with Gasteiger partial charge in [0, 0.05) is 11.6 Å². The number of nitrogens with one attached hydrogen (secondary N) is 2. The molecule has 0 spiro atoms. The Morgan fingerprint density at radius 2 is 2.11 bits per heavy atom. The monoisotopic (exact) mass is 292 g/mol. The number of aliphatic hydroxyl groups excluding tert-OH is 1. The molecule has 7 heteroatoms. The van der Waals surface area contributed by atoms with E-state index in [9.17, 15) is 4.79 Å². The smallest absolute Gasteiger partial charge is 0.319 e. The maximum absolute atomic E-state index is 11.5. The van der Waals surface area contributed by atoms with Gasteiger partial charge in [-0.1, -0.05) is 23.2 Å². The molecule has 0 radical (unpaired) electrons. The number of hydrogen-bond acceptors (Lipinski definition) is 3. The largest absolute Gasteiger partial charge is 0.394 e. The van der Waals surface area contributed by atoms with Gasteiger partial charge in [-0.05, 0) is 18.2 Å². The number of anilines is 1. The lowest BCUT2D eigenvalue weighted by atomic mass is 10.3. The van der Waals surface area contributed by atoms with E-state index < -0.39 is 6.03 Å². The predicted molar refractivity (Wildman–Crippen MR) is 71.4 cm³/mol. The van der Waals surface area contributed by atoms with Crippen LogP contribution >= 0.6 is 23.2 Å². The van der Waals surface area contributed by atoms with Crippen molar-refractivity contribution in [2.45, 2.75) is 0 Å². The van der Waals surface area contributed by atoms with E-state index in [0.29, 0.717) is 28.9 Å². The van der Waals surface area contributed by atoms with Gasteiger partial charge in [-0.15, -0.1) is 0 Å². The van der Waals surface area contributed by atoms with Gasteiger partial charge in [0.05, 0.1) is 30.5 Å². The third-order valence-electron chi connectivity index (χ3n) is 1.94. The second-order valence-electron chi connectivity index (χ2n) is 3.34. The Balaban J connectivity index is 2.33. The van der Waals surface area contributed by atoms with Crippen molar-refractivity contribution in [3.05, 3.63) is 28.2 Å². The quantitative estimate of drug-likeness (QED) is 0.704. The molecule has 1 aromatic rings. The van der Waals surface area contributed by atoms with Gasteiger partial charge < -0.3 is 20.5 Å². The molecule has 0 aliphatic heterocycles. The first kappa shape index (κ1) is 15.0. The summed E-state index contributed by atoms with van der Waals surface area (Å²) in [4.78, 5) is 11.5. The minimum atomic E-state index is -0.397. The lowest BCUT2D eigenvalue weighted by Gasteiger charge is -2.09. The van der Waals surface area contributed by atoms with Gasteiger partial charge >= 0.3 is 6.03 Å². The molecule has 0 aliphatic carbocycles. The van der Waals surface area contributed by atoms with Crippen molar-refractivity contribution < 1.29 is 14.6 Å². The molecule has 100 valence electrons. The minimum Gasteiger partial charge on any atom is -0.394 e. The van der Waals surface area contributed by atoms with Crippen LogP contribution < -0.4 is 10.6 Å². The summed E-state index contributed by atoms with van der Waals surface area (Å²) in [7, 11) is 0. The number of urea groups is 1. The van der Waals surface area contributed by atoms with Crippen LogP contribution in [-0.2, 0) is 4.74 Å². The average molecular weight is 293 g/mol. The highest BCUT2D eigenvalue weighted by Gasteiger charge is 2.05. The Kier molecular flexibility index (Phi) is 6.82. The Hall–Kier alpha value is -1.01. The standard InChI is InChI=1S/C11H14Cl2N2O3/c12-8-1-2-9(13)10(7-8)15-11(17)14-3-5-18-6-4-16/h1-2,7,16H,3-6H2,(H2,14,15,17). The molecule has 5 nitrogen and oxygen atoms in total. The zero-order valence-corrected chi connectivity index (χ0v) is 11.1. The van der Waals surface area contributed by atoms with Gasteiger partial charge in [0.1, 0.15) is 0 Å². The summed E-state index contributed by atoms with van der Waals surface area (Å²) in [6, 6.07) is 4.40. The molecule has 0 bridgehead atoms. The predicted octanol–water partition coefficient (Wildman–Crippen LogP) is 2.12. The molecule has 2 amide bonds. The summed E-state index contributed by atoms with van der Waals surface area (Å²) in [6.45, 7) is 0.884. The van der Waals surface area contributed by atoms with Crippen LogP contribution in [-0.4, -0.2) is 37.5 Å². The van der Waals surface area contributed by atoms with Crippen LogP contribution in [0.5, 0.6) is 0 Å². The van der Waals surface area contributed by atoms with Gasteiger partial charge in [-0.25, -0.2) is 4.79 Å². The van der Waals surface area contributed by atoms with Crippen molar-refractivity contribution in [1.82, 2.24) is 5.32 Å². The van der Waals surface area contributed by atoms with Gasteiger partial charge in [0.15, 0.2) is 0 Å². The molecule has 0 aliphatic rings. The minimum absolute atomic E-state index is 0.0374. The first-order valence-electron chi connectivity index (χ1n) is 5.32. The zero-order valence-electron chi connectivity index (χ0n) is 9.58. The Morgan fingerprint density at radius 3 is 2.83 bits per heavy atom. The number of ether oxygens (including phenoxy) is 1. The number of carbonyl (C=O) groups excluding carboxylic acids is 1. The molecule has 1 aromatic carbocycles. The molecule has 0 saturated heterocycles. The van der Waals surface area contributed by atoms with Crippen LogP contribution in [0.3, 0.4) is 0 Å². The lowest BCUT2D eigenvalue weighted by molar-refractivity contribution is 0.0950. The van der Waals surface area contributed by atoms with Gasteiger partial charge in [-0.2, -0.15) is 0 Å². The molecule has 0 heterocycles. The number of halogens is 2. The normalized spacial score (nSPS) is 10.2. The third kappa shape index (κ3) is 5.55. The Labute approximate surface area is 115 Å². The van der Waals surface area contributed by atoms with Crippen molar-refractivity contribution in [2.24, 2.45) is 0 Å². The summed E-state index contributed by atoms with van der Waals surface area (Å²) in [6.07, 6.45) is 0. The second kappa shape index (κ2) is 8.16. The summed E-state index contributed by atoms with van der Waals surface area (Å²) < 4.78 is 4.99. The van der Waals surface area contributed by atoms with Gasteiger partial charge in [-0.3, -0.25) is 0 Å². The summed E-state index contributed by atoms with van der Waals surface area (Å²) >= 11 is 11.7. The van der Waals surface area contributed by atoms with Crippen molar-refractivity contribution in [3.8, 4) is 0 Å². The number of benzene rings is 1. The lowest BCUT2D eigenvalue weighted by Crippen LogP contribution is -2.31. The average Bonchev–Trinajstić information content (AvgIpc) is 2.33. The van der Waals surface area contributed by atoms with E-state index >= 15 is 0 Å². The van der Waals surface area contributed by atoms with Gasteiger partial charge in [0.25, 0.3) is 0 Å². The van der Waals surface area contributed by atoms with E-state index in [1.165, 1.54) is 0 Å². The van der Waals surface area contributed by atoms with Crippen molar-refractivity contribution in [2.75, 3.05) is 31.7 Å². The number of amides is 2. The van der Waals surface area contributed by atoms with E-state index in [1.54, 1.807) is 18.2 Å². The van der Waals surface area contributed by atoms with Crippen molar-refractivity contribution >= 4 is 34.9 Å². The molecule has 0 saturated carbocycles. The van der Waals surface area contributed by atoms with E-state index in [4.69, 9.17) is 33.0 Å². The van der Waals surface area contributed by atoms with E-state index in [-0.39, 0.29) is 13.2 Å². The molecule has 1 rings (SSSR count). The summed E-state index contributed by atoms with van der Waals surface area (Å²) in [5, 5.41) is 14.5. The highest BCUT2D eigenvalue weighted by molar-refractivity contribution is 6.35. The highest BCUT2D eigenvalue weighted by Crippen LogP contribution is 2.25. The Morgan fingerprint density at radius 1 is 1.33 bits per heavy atom. The molecule has 0 unspecified atom stereocenters. The second-order valence-corrected chi connectivity index (χ2v) is 4.18. The van der Waals surface area contributed by atoms with E-state index in [0.717, 1.165) is 0 Å². The fourth-order valence-electron chi connectivity index (χ4n) is 1.16. The zero-order chi connectivity index (χ0) is 13.4. The molecular weight excluding hydrogens is 279 g/mol. The van der Waals surface area contributed by atoms with Gasteiger partial charge in [0.2, 0.25) is 0 Å². The van der Waals surface area contributed by atoms with Crippen LogP contribution in [0.25, 0.3) is 0 Å². The topological polar surface area (TPSA) is 70.6 Å².